The van der Waals surface area contributed by atoms with Gasteiger partial charge in [0.2, 0.25) is 11.4 Å². The van der Waals surface area contributed by atoms with Crippen molar-refractivity contribution in [2.45, 2.75) is 52.4 Å². The molecule has 0 saturated heterocycles. The Bertz CT molecular complexity index is 1850. The Balaban J connectivity index is 0.000000218. The van der Waals surface area contributed by atoms with Crippen LogP contribution in [0.5, 0.6) is 0 Å². The van der Waals surface area contributed by atoms with E-state index in [1.54, 1.807) is 0 Å². The molecular formula is C39H38AuN3+2. The van der Waals surface area contributed by atoms with E-state index in [4.69, 9.17) is 0 Å². The first-order chi connectivity index (χ1) is 20.1. The quantitative estimate of drug-likeness (QED) is 0.128. The van der Waals surface area contributed by atoms with Crippen LogP contribution in [0.2, 0.25) is 0 Å². The summed E-state index contributed by atoms with van der Waals surface area (Å²) >= 11 is 0. The topological polar surface area (TPSA) is 20.1 Å². The van der Waals surface area contributed by atoms with Gasteiger partial charge in [-0.3, -0.25) is 0 Å². The zero-order valence-electron chi connectivity index (χ0n) is 25.7. The third-order valence-corrected chi connectivity index (χ3v) is 7.84. The Morgan fingerprint density at radius 3 is 1.30 bits per heavy atom. The van der Waals surface area contributed by atoms with Gasteiger partial charge in [-0.25, -0.2) is 0 Å². The maximum absolute atomic E-state index is 4.52. The molecule has 1 aliphatic heterocycles. The summed E-state index contributed by atoms with van der Waals surface area (Å²) in [4.78, 5) is 4.52. The molecule has 0 fully saturated rings. The van der Waals surface area contributed by atoms with Gasteiger partial charge in [0.1, 0.15) is 0 Å². The summed E-state index contributed by atoms with van der Waals surface area (Å²) in [5, 5.41) is 2.50. The van der Waals surface area contributed by atoms with Crippen molar-refractivity contribution in [3.63, 3.8) is 0 Å². The third-order valence-electron chi connectivity index (χ3n) is 7.84. The molecule has 0 atom stereocenters. The Labute approximate surface area is 270 Å². The number of hydrogen-bond donors (Lipinski definition) is 0. The molecular weight excluding hydrogens is 707 g/mol. The van der Waals surface area contributed by atoms with E-state index in [1.807, 2.05) is 12.1 Å². The van der Waals surface area contributed by atoms with E-state index in [0.717, 1.165) is 33.8 Å². The Kier molecular flexibility index (Phi) is 8.47. The van der Waals surface area contributed by atoms with Crippen LogP contribution >= 0.6 is 0 Å². The maximum Gasteiger partial charge on any atom is 1.00 e. The summed E-state index contributed by atoms with van der Waals surface area (Å²) in [6.45, 7) is 13.5. The molecule has 2 heterocycles. The van der Waals surface area contributed by atoms with Crippen LogP contribution in [0.15, 0.2) is 121 Å². The van der Waals surface area contributed by atoms with Crippen LogP contribution in [0.1, 0.15) is 52.7 Å². The number of fused-ring (bicyclic) bond motifs is 4. The van der Waals surface area contributed by atoms with Crippen molar-refractivity contribution in [3.05, 3.63) is 132 Å². The zero-order chi connectivity index (χ0) is 29.5. The van der Waals surface area contributed by atoms with E-state index in [0.29, 0.717) is 0 Å². The number of hydrogen-bond acceptors (Lipinski definition) is 0. The second kappa shape index (κ2) is 12.0. The molecule has 1 aromatic heterocycles. The summed E-state index contributed by atoms with van der Waals surface area (Å²) in [6.07, 6.45) is 0. The van der Waals surface area contributed by atoms with Crippen molar-refractivity contribution in [1.82, 2.24) is 14.1 Å². The molecule has 0 bridgehead atoms. The molecule has 1 aliphatic rings. The van der Waals surface area contributed by atoms with E-state index in [-0.39, 0.29) is 33.2 Å². The average molecular weight is 746 g/mol. The molecule has 0 saturated carbocycles. The Morgan fingerprint density at radius 1 is 0.488 bits per heavy atom. The van der Waals surface area contributed by atoms with Gasteiger partial charge in [-0.15, -0.1) is 11.0 Å². The van der Waals surface area contributed by atoms with Gasteiger partial charge in [0.05, 0.1) is 0 Å². The fourth-order valence-corrected chi connectivity index (χ4v) is 5.39. The molecule has 43 heavy (non-hydrogen) atoms. The number of benzene rings is 5. The molecule has 0 unspecified atom stereocenters. The smallest absolute Gasteiger partial charge is 0.657 e. The van der Waals surface area contributed by atoms with Crippen LogP contribution in [0.3, 0.4) is 0 Å². The van der Waals surface area contributed by atoms with Gasteiger partial charge in [-0.1, -0.05) is 126 Å². The Morgan fingerprint density at radius 2 is 0.884 bits per heavy atom. The van der Waals surface area contributed by atoms with Gasteiger partial charge in [-0.05, 0) is 41.9 Å². The standard InChI is InChI=1S/C27H30N2.C12H8N.Au/c1-26(2,3)20-11-9-13-22(17-20)28-19-29(25-16-8-7-15-24(25)28)23-14-10-12-21(18-23)27(4,5)6;1-3-7-11-9(5-1)10-6-2-4-8-12(10)13-11;/h7-18H,1-6H3;1-8H;/q+2;-1;+1. The molecule has 0 N–H and O–H groups in total. The van der Waals surface area contributed by atoms with Crippen LogP contribution < -0.4 is 14.1 Å². The molecule has 0 amide bonds. The molecule has 6 aromatic rings. The van der Waals surface area contributed by atoms with E-state index < -0.39 is 0 Å². The van der Waals surface area contributed by atoms with E-state index in [1.165, 1.54) is 21.9 Å². The largest absolute Gasteiger partial charge is 1.00 e. The Hall–Kier alpha value is -3.98. The van der Waals surface area contributed by atoms with Crippen molar-refractivity contribution in [2.24, 2.45) is 0 Å². The first kappa shape index (κ1) is 30.5. The molecule has 0 aliphatic carbocycles. The summed E-state index contributed by atoms with van der Waals surface area (Å²) in [7, 11) is 0. The minimum Gasteiger partial charge on any atom is -0.657 e. The summed E-state index contributed by atoms with van der Waals surface area (Å²) in [5.41, 5.74) is 9.61. The summed E-state index contributed by atoms with van der Waals surface area (Å²) < 4.78 is 4.35. The zero-order valence-corrected chi connectivity index (χ0v) is 27.9. The maximum atomic E-state index is 4.52. The predicted molar refractivity (Wildman–Crippen MR) is 179 cm³/mol. The number of rotatable bonds is 2. The predicted octanol–water partition coefficient (Wildman–Crippen LogP) is 10.1. The molecule has 0 spiro atoms. The first-order valence-electron chi connectivity index (χ1n) is 14.7. The fourth-order valence-electron chi connectivity index (χ4n) is 5.39. The van der Waals surface area contributed by atoms with Crippen LogP contribution in [0.4, 0.5) is 22.7 Å². The monoisotopic (exact) mass is 745 g/mol. The minimum absolute atomic E-state index is 0. The van der Waals surface area contributed by atoms with Gasteiger partial charge >= 0.3 is 28.4 Å². The third kappa shape index (κ3) is 6.22. The second-order valence-electron chi connectivity index (χ2n) is 13.0. The van der Waals surface area contributed by atoms with Gasteiger partial charge in [0.25, 0.3) is 11.4 Å². The van der Waals surface area contributed by atoms with Gasteiger partial charge in [-0.2, -0.15) is 0 Å². The van der Waals surface area contributed by atoms with E-state index in [9.17, 15) is 0 Å². The first-order valence-corrected chi connectivity index (χ1v) is 14.7. The van der Waals surface area contributed by atoms with E-state index >= 15 is 0 Å². The van der Waals surface area contributed by atoms with Crippen molar-refractivity contribution < 1.29 is 22.4 Å². The number of para-hydroxylation sites is 4. The van der Waals surface area contributed by atoms with Crippen LogP contribution in [-0.2, 0) is 33.2 Å². The SMILES string of the molecule is CC(C)(C)c1cccc([N+]2=C=[N+](c3cccc(C(C)(C)C)c3)c3ccccc32)c1.[Au+].c1ccc2c(c1)[n-]c1ccccc12. The van der Waals surface area contributed by atoms with Crippen LogP contribution in [0.25, 0.3) is 21.8 Å². The van der Waals surface area contributed by atoms with Gasteiger partial charge < -0.3 is 4.98 Å². The summed E-state index contributed by atoms with van der Waals surface area (Å²) in [5.74, 6) is 0. The summed E-state index contributed by atoms with van der Waals surface area (Å²) in [6, 6.07) is 46.2. The average Bonchev–Trinajstić information content (AvgIpc) is 3.56. The second-order valence-corrected chi connectivity index (χ2v) is 13.0. The van der Waals surface area contributed by atoms with E-state index in [2.05, 4.69) is 171 Å². The van der Waals surface area contributed by atoms with Crippen molar-refractivity contribution in [2.75, 3.05) is 0 Å². The van der Waals surface area contributed by atoms with Crippen molar-refractivity contribution >= 4 is 50.6 Å². The molecule has 3 nitrogen and oxygen atoms in total. The normalized spacial score (nSPS) is 12.6. The van der Waals surface area contributed by atoms with Crippen LogP contribution in [0, 0.1) is 0 Å². The number of aromatic nitrogens is 1. The molecule has 0 radical (unpaired) electrons. The molecule has 4 heteroatoms. The van der Waals surface area contributed by atoms with Gasteiger partial charge in [0, 0.05) is 36.4 Å². The van der Waals surface area contributed by atoms with Gasteiger partial charge in [0.15, 0.2) is 0 Å². The van der Waals surface area contributed by atoms with Crippen molar-refractivity contribution in [1.29, 1.82) is 0 Å². The molecule has 7 rings (SSSR count). The molecule has 218 valence electrons. The van der Waals surface area contributed by atoms with Crippen LogP contribution in [-0.4, -0.2) is 6.01 Å². The minimum atomic E-state index is 0. The molecule has 5 aromatic carbocycles. The fraction of sp³-hybridized carbons (Fsp3) is 0.205. The van der Waals surface area contributed by atoms with Crippen molar-refractivity contribution in [3.8, 4) is 0 Å². The number of nitrogens with zero attached hydrogens (tertiary/aromatic N) is 3.